The molecule has 0 saturated carbocycles. The number of nitrogens with one attached hydrogen (secondary N) is 1. The Kier molecular flexibility index (Phi) is 4.24. The maximum atomic E-state index is 9.93. The molecule has 0 atom stereocenters. The highest BCUT2D eigenvalue weighted by Crippen LogP contribution is 2.31. The Bertz CT molecular complexity index is 573. The van der Waals surface area contributed by atoms with Crippen molar-refractivity contribution in [1.29, 1.82) is 0 Å². The number of hydrogen-bond donors (Lipinski definition) is 2. The number of aryl methyl sites for hydroxylation is 1. The van der Waals surface area contributed by atoms with Crippen LogP contribution in [-0.4, -0.2) is 10.1 Å². The van der Waals surface area contributed by atoms with Gasteiger partial charge in [-0.1, -0.05) is 15.9 Å². The molecule has 2 aromatic rings. The first-order chi connectivity index (χ1) is 8.56. The maximum absolute atomic E-state index is 9.93. The van der Waals surface area contributed by atoms with Gasteiger partial charge in [-0.05, 0) is 52.7 Å². The molecule has 2 rings (SSSR count). The number of phenolic OH excluding ortho intramolecular Hbond substituents is 1. The van der Waals surface area contributed by atoms with E-state index in [0.717, 1.165) is 21.4 Å². The quantitative estimate of drug-likeness (QED) is 0.848. The molecule has 0 radical (unpaired) electrons. The molecule has 0 unspecified atom stereocenters. The predicted octanol–water partition coefficient (Wildman–Crippen LogP) is 4.23. The van der Waals surface area contributed by atoms with Crippen molar-refractivity contribution in [2.24, 2.45) is 0 Å². The van der Waals surface area contributed by atoms with Gasteiger partial charge in [0.05, 0.1) is 4.47 Å². The van der Waals surface area contributed by atoms with Crippen molar-refractivity contribution in [2.45, 2.75) is 13.5 Å². The molecule has 94 valence electrons. The first-order valence-electron chi connectivity index (χ1n) is 5.39. The summed E-state index contributed by atoms with van der Waals surface area (Å²) in [6.45, 7) is 2.53. The third kappa shape index (κ3) is 3.23. The van der Waals surface area contributed by atoms with Crippen molar-refractivity contribution in [1.82, 2.24) is 4.98 Å². The Morgan fingerprint density at radius 3 is 2.78 bits per heavy atom. The van der Waals surface area contributed by atoms with E-state index >= 15 is 0 Å². The second kappa shape index (κ2) is 5.71. The summed E-state index contributed by atoms with van der Waals surface area (Å²) in [5, 5.41) is 13.1. The molecule has 2 N–H and O–H groups in total. The molecule has 0 fully saturated rings. The summed E-state index contributed by atoms with van der Waals surface area (Å²) in [5.74, 6) is 1.05. The highest BCUT2D eigenvalue weighted by Gasteiger charge is 2.07. The van der Waals surface area contributed by atoms with Crippen LogP contribution in [-0.2, 0) is 6.54 Å². The molecule has 0 aliphatic heterocycles. The number of hydrogen-bond acceptors (Lipinski definition) is 3. The van der Waals surface area contributed by atoms with Crippen LogP contribution in [0.15, 0.2) is 39.4 Å². The molecule has 0 bridgehead atoms. The zero-order valence-corrected chi connectivity index (χ0v) is 12.9. The maximum Gasteiger partial charge on any atom is 0.134 e. The van der Waals surface area contributed by atoms with E-state index in [2.05, 4.69) is 42.2 Å². The average Bonchev–Trinajstić information content (AvgIpc) is 2.32. The van der Waals surface area contributed by atoms with Crippen molar-refractivity contribution < 1.29 is 5.11 Å². The monoisotopic (exact) mass is 370 g/mol. The molecular formula is C13H12Br2N2O. The van der Waals surface area contributed by atoms with Gasteiger partial charge in [-0.15, -0.1) is 0 Å². The van der Waals surface area contributed by atoms with Crippen molar-refractivity contribution >= 4 is 37.7 Å². The van der Waals surface area contributed by atoms with Gasteiger partial charge in [-0.3, -0.25) is 0 Å². The number of benzene rings is 1. The van der Waals surface area contributed by atoms with Crippen molar-refractivity contribution in [2.75, 3.05) is 5.32 Å². The molecule has 1 heterocycles. The number of anilines is 1. The second-order valence-corrected chi connectivity index (χ2v) is 5.74. The van der Waals surface area contributed by atoms with E-state index in [0.29, 0.717) is 11.0 Å². The third-order valence-corrected chi connectivity index (χ3v) is 3.54. The van der Waals surface area contributed by atoms with E-state index in [-0.39, 0.29) is 5.75 Å². The molecule has 0 amide bonds. The Labute approximate surface area is 123 Å². The van der Waals surface area contributed by atoms with Crippen molar-refractivity contribution in [3.63, 3.8) is 0 Å². The molecule has 5 heteroatoms. The first kappa shape index (κ1) is 13.4. The van der Waals surface area contributed by atoms with E-state index in [1.165, 1.54) is 0 Å². The minimum Gasteiger partial charge on any atom is -0.506 e. The van der Waals surface area contributed by atoms with Gasteiger partial charge in [0.1, 0.15) is 11.6 Å². The topological polar surface area (TPSA) is 45.2 Å². The standard InChI is InChI=1S/C13H12Br2N2O/c1-8-2-3-16-12(4-8)17-7-9-5-10(14)6-11(15)13(9)18/h2-6,18H,7H2,1H3,(H,16,17). The van der Waals surface area contributed by atoms with Crippen molar-refractivity contribution in [3.8, 4) is 5.75 Å². The largest absolute Gasteiger partial charge is 0.506 e. The van der Waals surface area contributed by atoms with E-state index in [9.17, 15) is 5.11 Å². The summed E-state index contributed by atoms with van der Waals surface area (Å²) >= 11 is 6.71. The Balaban J connectivity index is 2.15. The lowest BCUT2D eigenvalue weighted by molar-refractivity contribution is 0.465. The third-order valence-electron chi connectivity index (χ3n) is 2.48. The fourth-order valence-corrected chi connectivity index (χ4v) is 2.89. The fraction of sp³-hybridized carbons (Fsp3) is 0.154. The minimum atomic E-state index is 0.248. The Morgan fingerprint density at radius 2 is 2.06 bits per heavy atom. The molecule has 3 nitrogen and oxygen atoms in total. The summed E-state index contributed by atoms with van der Waals surface area (Å²) in [7, 11) is 0. The number of aromatic nitrogens is 1. The summed E-state index contributed by atoms with van der Waals surface area (Å²) in [6, 6.07) is 7.59. The molecule has 0 spiro atoms. The summed E-state index contributed by atoms with van der Waals surface area (Å²) < 4.78 is 1.59. The molecule has 0 aliphatic carbocycles. The van der Waals surface area contributed by atoms with Crippen LogP contribution in [0.25, 0.3) is 0 Å². The number of phenols is 1. The highest BCUT2D eigenvalue weighted by atomic mass is 79.9. The lowest BCUT2D eigenvalue weighted by Gasteiger charge is -2.09. The number of rotatable bonds is 3. The van der Waals surface area contributed by atoms with Crippen LogP contribution in [0.2, 0.25) is 0 Å². The summed E-state index contributed by atoms with van der Waals surface area (Å²) in [5.41, 5.74) is 1.95. The Hall–Kier alpha value is -1.07. The van der Waals surface area contributed by atoms with E-state index in [4.69, 9.17) is 0 Å². The van der Waals surface area contributed by atoms with Gasteiger partial charge in [-0.2, -0.15) is 0 Å². The second-order valence-electron chi connectivity index (χ2n) is 3.97. The lowest BCUT2D eigenvalue weighted by atomic mass is 10.2. The number of pyridine rings is 1. The average molecular weight is 372 g/mol. The zero-order chi connectivity index (χ0) is 13.1. The van der Waals surface area contributed by atoms with Crippen LogP contribution >= 0.6 is 31.9 Å². The molecule has 0 aliphatic rings. The van der Waals surface area contributed by atoms with Crippen LogP contribution in [0.1, 0.15) is 11.1 Å². The van der Waals surface area contributed by atoms with Gasteiger partial charge in [0, 0.05) is 22.8 Å². The number of halogens is 2. The number of aromatic hydroxyl groups is 1. The normalized spacial score (nSPS) is 10.4. The smallest absolute Gasteiger partial charge is 0.134 e. The molecule has 1 aromatic heterocycles. The van der Waals surface area contributed by atoms with Gasteiger partial charge in [0.2, 0.25) is 0 Å². The first-order valence-corrected chi connectivity index (χ1v) is 6.98. The number of nitrogens with zero attached hydrogens (tertiary/aromatic N) is 1. The molecule has 0 saturated heterocycles. The van der Waals surface area contributed by atoms with Gasteiger partial charge in [-0.25, -0.2) is 4.98 Å². The molecule has 1 aromatic carbocycles. The van der Waals surface area contributed by atoms with E-state index in [1.807, 2.05) is 31.2 Å². The zero-order valence-electron chi connectivity index (χ0n) is 9.74. The predicted molar refractivity (Wildman–Crippen MR) is 79.8 cm³/mol. The SMILES string of the molecule is Cc1ccnc(NCc2cc(Br)cc(Br)c2O)c1. The van der Waals surface area contributed by atoms with Gasteiger partial charge < -0.3 is 10.4 Å². The van der Waals surface area contributed by atoms with Gasteiger partial charge in [0.15, 0.2) is 0 Å². The fourth-order valence-electron chi connectivity index (χ4n) is 1.57. The van der Waals surface area contributed by atoms with E-state index < -0.39 is 0 Å². The minimum absolute atomic E-state index is 0.248. The Morgan fingerprint density at radius 1 is 1.28 bits per heavy atom. The van der Waals surface area contributed by atoms with Crippen LogP contribution < -0.4 is 5.32 Å². The van der Waals surface area contributed by atoms with Crippen LogP contribution in [0.4, 0.5) is 5.82 Å². The van der Waals surface area contributed by atoms with Crippen LogP contribution in [0.5, 0.6) is 5.75 Å². The lowest BCUT2D eigenvalue weighted by Crippen LogP contribution is -2.02. The molecule has 18 heavy (non-hydrogen) atoms. The van der Waals surface area contributed by atoms with Crippen molar-refractivity contribution in [3.05, 3.63) is 50.5 Å². The van der Waals surface area contributed by atoms with Crippen LogP contribution in [0, 0.1) is 6.92 Å². The summed E-state index contributed by atoms with van der Waals surface area (Å²) in [6.07, 6.45) is 1.76. The van der Waals surface area contributed by atoms with Crippen LogP contribution in [0.3, 0.4) is 0 Å². The summed E-state index contributed by atoms with van der Waals surface area (Å²) in [4.78, 5) is 4.21. The molecular weight excluding hydrogens is 360 g/mol. The van der Waals surface area contributed by atoms with E-state index in [1.54, 1.807) is 6.20 Å². The van der Waals surface area contributed by atoms with Gasteiger partial charge >= 0.3 is 0 Å². The van der Waals surface area contributed by atoms with Gasteiger partial charge in [0.25, 0.3) is 0 Å². The highest BCUT2D eigenvalue weighted by molar-refractivity contribution is 9.11.